The van der Waals surface area contributed by atoms with Gasteiger partial charge in [-0.1, -0.05) is 11.3 Å². The topological polar surface area (TPSA) is 75.9 Å². The second-order valence-electron chi connectivity index (χ2n) is 7.98. The molecule has 0 atom stereocenters. The van der Waals surface area contributed by atoms with E-state index in [4.69, 9.17) is 10.1 Å². The molecular formula is C21H26N6OS. The highest BCUT2D eigenvalue weighted by Gasteiger charge is 2.30. The van der Waals surface area contributed by atoms with Crippen LogP contribution in [-0.4, -0.2) is 51.2 Å². The van der Waals surface area contributed by atoms with Gasteiger partial charge in [-0.25, -0.2) is 4.98 Å². The fourth-order valence-electron chi connectivity index (χ4n) is 3.61. The quantitative estimate of drug-likeness (QED) is 0.696. The van der Waals surface area contributed by atoms with E-state index in [0.717, 1.165) is 46.1 Å². The SMILES string of the molecule is Cc1ccc(-c2nn(C(C)C)c3c2CCc2nc(NC(=O)CN(C)C)sc2-3)cn1. The highest BCUT2D eigenvalue weighted by Crippen LogP contribution is 2.43. The number of anilines is 1. The zero-order chi connectivity index (χ0) is 20.7. The smallest absolute Gasteiger partial charge is 0.240 e. The van der Waals surface area contributed by atoms with Crippen LogP contribution in [0.5, 0.6) is 0 Å². The van der Waals surface area contributed by atoms with E-state index in [9.17, 15) is 4.79 Å². The van der Waals surface area contributed by atoms with Crippen molar-refractivity contribution in [3.05, 3.63) is 35.3 Å². The maximum atomic E-state index is 12.2. The van der Waals surface area contributed by atoms with Gasteiger partial charge < -0.3 is 10.2 Å². The number of fused-ring (bicyclic) bond motifs is 3. The van der Waals surface area contributed by atoms with Crippen molar-refractivity contribution in [3.63, 3.8) is 0 Å². The van der Waals surface area contributed by atoms with Gasteiger partial charge in [-0.15, -0.1) is 0 Å². The molecule has 0 saturated carbocycles. The molecule has 0 fully saturated rings. The Hall–Kier alpha value is -2.58. The summed E-state index contributed by atoms with van der Waals surface area (Å²) in [5.41, 5.74) is 6.44. The molecule has 0 aliphatic heterocycles. The van der Waals surface area contributed by atoms with Crippen molar-refractivity contribution in [3.8, 4) is 21.8 Å². The Morgan fingerprint density at radius 2 is 2.10 bits per heavy atom. The van der Waals surface area contributed by atoms with Crippen molar-refractivity contribution in [2.24, 2.45) is 0 Å². The van der Waals surface area contributed by atoms with Crippen LogP contribution < -0.4 is 5.32 Å². The van der Waals surface area contributed by atoms with Crippen LogP contribution in [0.4, 0.5) is 5.13 Å². The number of carbonyl (C=O) groups is 1. The van der Waals surface area contributed by atoms with Crippen molar-refractivity contribution in [1.82, 2.24) is 24.6 Å². The molecule has 0 aromatic carbocycles. The predicted molar refractivity (Wildman–Crippen MR) is 116 cm³/mol. The lowest BCUT2D eigenvalue weighted by atomic mass is 9.95. The molecule has 1 aliphatic rings. The number of likely N-dealkylation sites (N-methyl/N-ethyl adjacent to an activating group) is 1. The van der Waals surface area contributed by atoms with Gasteiger partial charge in [0.05, 0.1) is 28.5 Å². The summed E-state index contributed by atoms with van der Waals surface area (Å²) < 4.78 is 2.09. The third kappa shape index (κ3) is 3.82. The average Bonchev–Trinajstić information content (AvgIpc) is 3.22. The van der Waals surface area contributed by atoms with E-state index >= 15 is 0 Å². The van der Waals surface area contributed by atoms with E-state index in [1.807, 2.05) is 38.2 Å². The van der Waals surface area contributed by atoms with Gasteiger partial charge in [-0.05, 0) is 59.8 Å². The molecule has 3 aromatic heterocycles. The van der Waals surface area contributed by atoms with Crippen molar-refractivity contribution >= 4 is 22.4 Å². The summed E-state index contributed by atoms with van der Waals surface area (Å²) in [6, 6.07) is 4.33. The molecule has 1 amide bonds. The molecule has 3 aromatic rings. The molecule has 1 N–H and O–H groups in total. The minimum atomic E-state index is -0.0508. The van der Waals surface area contributed by atoms with Crippen LogP contribution in [0.2, 0.25) is 0 Å². The third-order valence-electron chi connectivity index (χ3n) is 4.91. The number of hydrogen-bond acceptors (Lipinski definition) is 6. The van der Waals surface area contributed by atoms with E-state index in [-0.39, 0.29) is 11.9 Å². The Morgan fingerprint density at radius 1 is 1.31 bits per heavy atom. The summed E-state index contributed by atoms with van der Waals surface area (Å²) in [7, 11) is 3.75. The van der Waals surface area contributed by atoms with Crippen LogP contribution in [0.25, 0.3) is 21.8 Å². The normalized spacial score (nSPS) is 12.9. The summed E-state index contributed by atoms with van der Waals surface area (Å²) in [5.74, 6) is -0.0508. The number of amides is 1. The summed E-state index contributed by atoms with van der Waals surface area (Å²) in [6.07, 6.45) is 3.63. The van der Waals surface area contributed by atoms with E-state index in [1.54, 1.807) is 0 Å². The first-order valence-corrected chi connectivity index (χ1v) is 10.6. The van der Waals surface area contributed by atoms with Crippen molar-refractivity contribution in [1.29, 1.82) is 0 Å². The summed E-state index contributed by atoms with van der Waals surface area (Å²) >= 11 is 1.54. The summed E-state index contributed by atoms with van der Waals surface area (Å²) in [4.78, 5) is 24.3. The molecule has 0 unspecified atom stereocenters. The molecule has 0 spiro atoms. The van der Waals surface area contributed by atoms with Crippen molar-refractivity contribution < 1.29 is 4.79 Å². The van der Waals surface area contributed by atoms with E-state index in [0.29, 0.717) is 11.7 Å². The van der Waals surface area contributed by atoms with Crippen LogP contribution in [0, 0.1) is 6.92 Å². The lowest BCUT2D eigenvalue weighted by Crippen LogP contribution is -2.27. The largest absolute Gasteiger partial charge is 0.301 e. The number of thiazole rings is 1. The maximum Gasteiger partial charge on any atom is 0.240 e. The van der Waals surface area contributed by atoms with Gasteiger partial charge in [-0.3, -0.25) is 14.5 Å². The van der Waals surface area contributed by atoms with Gasteiger partial charge in [0.15, 0.2) is 5.13 Å². The highest BCUT2D eigenvalue weighted by atomic mass is 32.1. The number of nitrogens with zero attached hydrogens (tertiary/aromatic N) is 5. The predicted octanol–water partition coefficient (Wildman–Crippen LogP) is 3.56. The summed E-state index contributed by atoms with van der Waals surface area (Å²) in [5, 5.41) is 8.56. The molecule has 152 valence electrons. The fourth-order valence-corrected chi connectivity index (χ4v) is 4.70. The van der Waals surface area contributed by atoms with Gasteiger partial charge in [0.1, 0.15) is 0 Å². The zero-order valence-corrected chi connectivity index (χ0v) is 18.3. The molecule has 0 saturated heterocycles. The van der Waals surface area contributed by atoms with Crippen LogP contribution in [0.3, 0.4) is 0 Å². The van der Waals surface area contributed by atoms with Crippen LogP contribution in [0.15, 0.2) is 18.3 Å². The highest BCUT2D eigenvalue weighted by molar-refractivity contribution is 7.19. The Labute approximate surface area is 174 Å². The first-order chi connectivity index (χ1) is 13.8. The molecule has 0 bridgehead atoms. The number of carbonyl (C=O) groups excluding carboxylic acids is 1. The Morgan fingerprint density at radius 3 is 2.76 bits per heavy atom. The number of hydrogen-bond donors (Lipinski definition) is 1. The van der Waals surface area contributed by atoms with Gasteiger partial charge in [0, 0.05) is 29.1 Å². The molecule has 1 aliphatic carbocycles. The second-order valence-corrected chi connectivity index (χ2v) is 8.98. The van der Waals surface area contributed by atoms with Gasteiger partial charge in [-0.2, -0.15) is 5.10 Å². The van der Waals surface area contributed by atoms with E-state index in [2.05, 4.69) is 34.9 Å². The van der Waals surface area contributed by atoms with E-state index < -0.39 is 0 Å². The Kier molecular flexibility index (Phi) is 5.23. The first-order valence-electron chi connectivity index (χ1n) is 9.82. The minimum absolute atomic E-state index is 0.0508. The molecule has 7 nitrogen and oxygen atoms in total. The Bertz CT molecular complexity index is 1050. The average molecular weight is 411 g/mol. The third-order valence-corrected chi connectivity index (χ3v) is 5.93. The minimum Gasteiger partial charge on any atom is -0.301 e. The van der Waals surface area contributed by atoms with Crippen LogP contribution in [0.1, 0.15) is 36.8 Å². The number of rotatable bonds is 5. The van der Waals surface area contributed by atoms with Crippen LogP contribution in [-0.2, 0) is 17.6 Å². The molecule has 4 rings (SSSR count). The van der Waals surface area contributed by atoms with Gasteiger partial charge >= 0.3 is 0 Å². The van der Waals surface area contributed by atoms with Crippen molar-refractivity contribution in [2.75, 3.05) is 26.0 Å². The molecular weight excluding hydrogens is 384 g/mol. The fraction of sp³-hybridized carbons (Fsp3) is 0.429. The molecule has 0 radical (unpaired) electrons. The summed E-state index contributed by atoms with van der Waals surface area (Å²) in [6.45, 7) is 6.60. The van der Waals surface area contributed by atoms with Crippen LogP contribution >= 0.6 is 11.3 Å². The van der Waals surface area contributed by atoms with Gasteiger partial charge in [0.2, 0.25) is 5.91 Å². The number of aryl methyl sites for hydroxylation is 2. The van der Waals surface area contributed by atoms with Crippen molar-refractivity contribution in [2.45, 2.75) is 39.7 Å². The van der Waals surface area contributed by atoms with Gasteiger partial charge in [0.25, 0.3) is 0 Å². The van der Waals surface area contributed by atoms with E-state index in [1.165, 1.54) is 16.9 Å². The second kappa shape index (κ2) is 7.68. The molecule has 29 heavy (non-hydrogen) atoms. The Balaban J connectivity index is 1.76. The molecule has 3 heterocycles. The lowest BCUT2D eigenvalue weighted by Gasteiger charge is -2.15. The lowest BCUT2D eigenvalue weighted by molar-refractivity contribution is -0.116. The zero-order valence-electron chi connectivity index (χ0n) is 17.5. The standard InChI is InChI=1S/C21H26N6OS/c1-12(2)27-19-15(18(25-27)14-7-6-13(3)22-10-14)8-9-16-20(19)29-21(23-16)24-17(28)11-26(4)5/h6-7,10,12H,8-9,11H2,1-5H3,(H,23,24,28). The molecule has 8 heteroatoms. The monoisotopic (exact) mass is 410 g/mol. The number of pyridine rings is 1. The number of aromatic nitrogens is 4. The number of nitrogens with one attached hydrogen (secondary N) is 1. The maximum absolute atomic E-state index is 12.2. The first kappa shape index (κ1) is 19.7.